The van der Waals surface area contributed by atoms with E-state index >= 15 is 0 Å². The van der Waals surface area contributed by atoms with Crippen molar-refractivity contribution in [1.29, 1.82) is 0 Å². The minimum atomic E-state index is 1.21. The van der Waals surface area contributed by atoms with Crippen LogP contribution in [0.5, 0.6) is 0 Å². The van der Waals surface area contributed by atoms with Gasteiger partial charge in [-0.15, -0.1) is 0 Å². The molecule has 0 spiro atoms. The highest BCUT2D eigenvalue weighted by Crippen LogP contribution is 1.99. The maximum atomic E-state index is 3.26. The van der Waals surface area contributed by atoms with Gasteiger partial charge < -0.3 is 5.32 Å². The average Bonchev–Trinajstić information content (AvgIpc) is 1.96. The Hall–Kier alpha value is 0.310. The van der Waals surface area contributed by atoms with E-state index in [1.54, 1.807) is 0 Å². The number of rotatable bonds is 0. The van der Waals surface area contributed by atoms with Gasteiger partial charge in [0.2, 0.25) is 0 Å². The molecule has 8 heavy (non-hydrogen) atoms. The maximum Gasteiger partial charge on any atom is 0.00585 e. The van der Waals surface area contributed by atoms with E-state index in [9.17, 15) is 0 Å². The molecular weight excluding hydrogens is 118 g/mol. The van der Waals surface area contributed by atoms with Crippen molar-refractivity contribution in [2.45, 2.75) is 13.8 Å². The van der Waals surface area contributed by atoms with Crippen molar-refractivity contribution in [3.63, 3.8) is 0 Å². The van der Waals surface area contributed by atoms with Gasteiger partial charge in [0.15, 0.2) is 0 Å². The molecule has 1 rings (SSSR count). The molecule has 0 amide bonds. The molecule has 0 unspecified atom stereocenters. The molecular formula is C6H15NS. The maximum absolute atomic E-state index is 3.26. The van der Waals surface area contributed by atoms with Crippen molar-refractivity contribution in [2.75, 3.05) is 24.6 Å². The van der Waals surface area contributed by atoms with Crippen LogP contribution < -0.4 is 5.32 Å². The lowest BCUT2D eigenvalue weighted by atomic mass is 10.6. The molecule has 2 heteroatoms. The molecule has 0 aromatic rings. The SMILES string of the molecule is C1CSCCN1.CC. The minimum absolute atomic E-state index is 1.21. The summed E-state index contributed by atoms with van der Waals surface area (Å²) >= 11 is 2.03. The van der Waals surface area contributed by atoms with Gasteiger partial charge in [0.05, 0.1) is 0 Å². The first-order valence-electron chi connectivity index (χ1n) is 3.28. The van der Waals surface area contributed by atoms with Crippen molar-refractivity contribution in [2.24, 2.45) is 0 Å². The first-order valence-corrected chi connectivity index (χ1v) is 4.44. The third-order valence-electron chi connectivity index (χ3n) is 0.846. The Bertz CT molecular complexity index is 24.0. The average molecular weight is 133 g/mol. The second kappa shape index (κ2) is 7.31. The lowest BCUT2D eigenvalue weighted by Crippen LogP contribution is -2.24. The summed E-state index contributed by atoms with van der Waals surface area (Å²) in [6.45, 7) is 6.43. The summed E-state index contributed by atoms with van der Waals surface area (Å²) in [5.74, 6) is 2.61. The van der Waals surface area contributed by atoms with Gasteiger partial charge in [0.25, 0.3) is 0 Å². The number of hydrogen-bond donors (Lipinski definition) is 1. The molecule has 50 valence electrons. The minimum Gasteiger partial charge on any atom is -0.315 e. The van der Waals surface area contributed by atoms with Gasteiger partial charge in [-0.2, -0.15) is 11.8 Å². The van der Waals surface area contributed by atoms with Gasteiger partial charge in [-0.3, -0.25) is 0 Å². The first kappa shape index (κ1) is 8.31. The zero-order chi connectivity index (χ0) is 6.24. The predicted molar refractivity (Wildman–Crippen MR) is 41.5 cm³/mol. The van der Waals surface area contributed by atoms with Crippen LogP contribution in [0.1, 0.15) is 13.8 Å². The Morgan fingerprint density at radius 1 is 1.12 bits per heavy atom. The fourth-order valence-electron chi connectivity index (χ4n) is 0.516. The van der Waals surface area contributed by atoms with Gasteiger partial charge in [0, 0.05) is 24.6 Å². The number of hydrogen-bond acceptors (Lipinski definition) is 2. The molecule has 0 saturated carbocycles. The van der Waals surface area contributed by atoms with Crippen molar-refractivity contribution < 1.29 is 0 Å². The van der Waals surface area contributed by atoms with Gasteiger partial charge in [0.1, 0.15) is 0 Å². The topological polar surface area (TPSA) is 12.0 Å². The van der Waals surface area contributed by atoms with E-state index in [4.69, 9.17) is 0 Å². The lowest BCUT2D eigenvalue weighted by Gasteiger charge is -2.08. The van der Waals surface area contributed by atoms with E-state index in [0.717, 1.165) is 0 Å². The monoisotopic (exact) mass is 133 g/mol. The van der Waals surface area contributed by atoms with Crippen LogP contribution in [-0.4, -0.2) is 24.6 Å². The first-order chi connectivity index (χ1) is 4.00. The van der Waals surface area contributed by atoms with Crippen LogP contribution in [0.25, 0.3) is 0 Å². The zero-order valence-electron chi connectivity index (χ0n) is 5.74. The summed E-state index contributed by atoms with van der Waals surface area (Å²) in [6.07, 6.45) is 0. The van der Waals surface area contributed by atoms with Crippen LogP contribution in [0.15, 0.2) is 0 Å². The van der Waals surface area contributed by atoms with Crippen LogP contribution in [-0.2, 0) is 0 Å². The Morgan fingerprint density at radius 2 is 1.62 bits per heavy atom. The molecule has 0 radical (unpaired) electrons. The molecule has 1 saturated heterocycles. The van der Waals surface area contributed by atoms with E-state index in [2.05, 4.69) is 5.32 Å². The summed E-state index contributed by atoms with van der Waals surface area (Å²) < 4.78 is 0. The standard InChI is InChI=1S/C4H9NS.C2H6/c1-3-6-4-2-5-1;1-2/h5H,1-4H2;1-2H3. The van der Waals surface area contributed by atoms with Crippen molar-refractivity contribution in [1.82, 2.24) is 5.32 Å². The summed E-state index contributed by atoms with van der Waals surface area (Å²) in [5, 5.41) is 3.26. The van der Waals surface area contributed by atoms with Crippen molar-refractivity contribution in [3.8, 4) is 0 Å². The largest absolute Gasteiger partial charge is 0.315 e. The highest BCUT2D eigenvalue weighted by molar-refractivity contribution is 7.99. The van der Waals surface area contributed by atoms with Crippen LogP contribution >= 0.6 is 11.8 Å². The second-order valence-corrected chi connectivity index (χ2v) is 2.59. The molecule has 0 aromatic heterocycles. The van der Waals surface area contributed by atoms with Gasteiger partial charge >= 0.3 is 0 Å². The quantitative estimate of drug-likeness (QED) is 0.535. The second-order valence-electron chi connectivity index (χ2n) is 1.36. The Labute approximate surface area is 56.2 Å². The van der Waals surface area contributed by atoms with E-state index in [-0.39, 0.29) is 0 Å². The van der Waals surface area contributed by atoms with E-state index in [0.29, 0.717) is 0 Å². The normalized spacial score (nSPS) is 18.8. The summed E-state index contributed by atoms with van der Waals surface area (Å²) in [4.78, 5) is 0. The molecule has 0 aliphatic carbocycles. The molecule has 0 aromatic carbocycles. The van der Waals surface area contributed by atoms with E-state index in [1.165, 1.54) is 24.6 Å². The van der Waals surface area contributed by atoms with Crippen molar-refractivity contribution in [3.05, 3.63) is 0 Å². The number of thioether (sulfide) groups is 1. The fourth-order valence-corrected chi connectivity index (χ4v) is 1.30. The molecule has 1 heterocycles. The summed E-state index contributed by atoms with van der Waals surface area (Å²) in [5.41, 5.74) is 0. The summed E-state index contributed by atoms with van der Waals surface area (Å²) in [6, 6.07) is 0. The Morgan fingerprint density at radius 3 is 1.75 bits per heavy atom. The van der Waals surface area contributed by atoms with Crippen molar-refractivity contribution >= 4 is 11.8 Å². The third kappa shape index (κ3) is 4.47. The molecule has 1 N–H and O–H groups in total. The van der Waals surface area contributed by atoms with Gasteiger partial charge in [-0.1, -0.05) is 13.8 Å². The lowest BCUT2D eigenvalue weighted by molar-refractivity contribution is 0.756. The van der Waals surface area contributed by atoms with Crippen LogP contribution in [0, 0.1) is 0 Å². The smallest absolute Gasteiger partial charge is 0.00585 e. The highest BCUT2D eigenvalue weighted by atomic mass is 32.2. The van der Waals surface area contributed by atoms with Crippen LogP contribution in [0.4, 0.5) is 0 Å². The van der Waals surface area contributed by atoms with E-state index in [1.807, 2.05) is 25.6 Å². The highest BCUT2D eigenvalue weighted by Gasteiger charge is 1.93. The summed E-state index contributed by atoms with van der Waals surface area (Å²) in [7, 11) is 0. The predicted octanol–water partition coefficient (Wildman–Crippen LogP) is 1.35. The molecule has 1 aliphatic rings. The zero-order valence-corrected chi connectivity index (χ0v) is 6.55. The Balaban J connectivity index is 0.000000222. The molecule has 1 aliphatic heterocycles. The van der Waals surface area contributed by atoms with Gasteiger partial charge in [-0.25, -0.2) is 0 Å². The molecule has 1 nitrogen and oxygen atoms in total. The van der Waals surface area contributed by atoms with Crippen LogP contribution in [0.2, 0.25) is 0 Å². The molecule has 0 bridgehead atoms. The number of nitrogens with one attached hydrogen (secondary N) is 1. The third-order valence-corrected chi connectivity index (χ3v) is 1.83. The van der Waals surface area contributed by atoms with E-state index < -0.39 is 0 Å². The fraction of sp³-hybridized carbons (Fsp3) is 1.00. The van der Waals surface area contributed by atoms with Crippen LogP contribution in [0.3, 0.4) is 0 Å². The Kier molecular flexibility index (Phi) is 7.59. The molecule has 1 fully saturated rings. The van der Waals surface area contributed by atoms with Gasteiger partial charge in [-0.05, 0) is 0 Å². The molecule has 0 atom stereocenters.